The van der Waals surface area contributed by atoms with Gasteiger partial charge in [0.2, 0.25) is 0 Å². The standard InChI is InChI=1S/C18H25N5O/c1-14-17(15(2)24-20-14)13-21-11-16(12-21)22-7-9-23(10-8-22)18-5-3-4-6-19-18/h3-6,16H,7-13H2,1-2H3. The van der Waals surface area contributed by atoms with Crippen LogP contribution in [0.3, 0.4) is 0 Å². The van der Waals surface area contributed by atoms with Gasteiger partial charge in [-0.1, -0.05) is 11.2 Å². The van der Waals surface area contributed by atoms with Crippen LogP contribution in [0.5, 0.6) is 0 Å². The van der Waals surface area contributed by atoms with Crippen LogP contribution in [0.4, 0.5) is 5.82 Å². The number of pyridine rings is 1. The van der Waals surface area contributed by atoms with Crippen molar-refractivity contribution >= 4 is 5.82 Å². The van der Waals surface area contributed by atoms with Gasteiger partial charge in [0.25, 0.3) is 0 Å². The molecule has 0 unspecified atom stereocenters. The summed E-state index contributed by atoms with van der Waals surface area (Å²) < 4.78 is 5.26. The highest BCUT2D eigenvalue weighted by molar-refractivity contribution is 5.38. The van der Waals surface area contributed by atoms with Gasteiger partial charge in [-0.05, 0) is 26.0 Å². The van der Waals surface area contributed by atoms with E-state index in [4.69, 9.17) is 4.52 Å². The van der Waals surface area contributed by atoms with E-state index in [9.17, 15) is 0 Å². The first kappa shape index (κ1) is 15.6. The number of aromatic nitrogens is 2. The Morgan fingerprint density at radius 1 is 1.12 bits per heavy atom. The normalized spacial score (nSPS) is 20.3. The van der Waals surface area contributed by atoms with Gasteiger partial charge in [0.05, 0.1) is 5.69 Å². The van der Waals surface area contributed by atoms with Gasteiger partial charge < -0.3 is 9.42 Å². The molecular formula is C18H25N5O. The van der Waals surface area contributed by atoms with Crippen LogP contribution in [0.2, 0.25) is 0 Å². The van der Waals surface area contributed by atoms with Crippen LogP contribution in [0.25, 0.3) is 0 Å². The Kier molecular flexibility index (Phi) is 4.24. The van der Waals surface area contributed by atoms with Gasteiger partial charge in [0.15, 0.2) is 0 Å². The van der Waals surface area contributed by atoms with Crippen LogP contribution in [0.15, 0.2) is 28.9 Å². The maximum absolute atomic E-state index is 5.26. The van der Waals surface area contributed by atoms with E-state index in [0.29, 0.717) is 6.04 Å². The summed E-state index contributed by atoms with van der Waals surface area (Å²) in [7, 11) is 0. The summed E-state index contributed by atoms with van der Waals surface area (Å²) in [5.74, 6) is 2.06. The van der Waals surface area contributed by atoms with Crippen molar-refractivity contribution in [1.29, 1.82) is 0 Å². The molecule has 0 N–H and O–H groups in total. The Balaban J connectivity index is 1.25. The molecule has 4 rings (SSSR count). The first-order valence-electron chi connectivity index (χ1n) is 8.75. The van der Waals surface area contributed by atoms with Crippen molar-refractivity contribution in [3.8, 4) is 0 Å². The maximum Gasteiger partial charge on any atom is 0.138 e. The lowest BCUT2D eigenvalue weighted by molar-refractivity contribution is 0.0252. The zero-order chi connectivity index (χ0) is 16.5. The smallest absolute Gasteiger partial charge is 0.138 e. The SMILES string of the molecule is Cc1noc(C)c1CN1CC(N2CCN(c3ccccn3)CC2)C1. The predicted molar refractivity (Wildman–Crippen MR) is 93.1 cm³/mol. The van der Waals surface area contributed by atoms with E-state index in [-0.39, 0.29) is 0 Å². The molecular weight excluding hydrogens is 302 g/mol. The fraction of sp³-hybridized carbons (Fsp3) is 0.556. The van der Waals surface area contributed by atoms with Crippen LogP contribution in [-0.4, -0.2) is 65.3 Å². The van der Waals surface area contributed by atoms with E-state index in [1.807, 2.05) is 26.1 Å². The second-order valence-electron chi connectivity index (χ2n) is 6.86. The van der Waals surface area contributed by atoms with Gasteiger partial charge >= 0.3 is 0 Å². The summed E-state index contributed by atoms with van der Waals surface area (Å²) in [5.41, 5.74) is 2.29. The molecule has 2 fully saturated rings. The molecule has 0 amide bonds. The Bertz CT molecular complexity index is 652. The number of aryl methyl sites for hydroxylation is 2. The van der Waals surface area contributed by atoms with Crippen LogP contribution in [0.1, 0.15) is 17.0 Å². The van der Waals surface area contributed by atoms with Crippen molar-refractivity contribution in [2.75, 3.05) is 44.2 Å². The molecule has 0 atom stereocenters. The Morgan fingerprint density at radius 2 is 1.92 bits per heavy atom. The van der Waals surface area contributed by atoms with E-state index in [1.165, 1.54) is 5.56 Å². The first-order chi connectivity index (χ1) is 11.7. The van der Waals surface area contributed by atoms with Crippen LogP contribution in [-0.2, 0) is 6.54 Å². The summed E-state index contributed by atoms with van der Waals surface area (Å²) in [6.45, 7) is 11.7. The lowest BCUT2D eigenvalue weighted by Gasteiger charge is -2.48. The van der Waals surface area contributed by atoms with Crippen molar-refractivity contribution in [3.63, 3.8) is 0 Å². The molecule has 2 saturated heterocycles. The highest BCUT2D eigenvalue weighted by Gasteiger charge is 2.34. The summed E-state index contributed by atoms with van der Waals surface area (Å²) in [6.07, 6.45) is 1.88. The molecule has 0 saturated carbocycles. The Hall–Kier alpha value is -1.92. The van der Waals surface area contributed by atoms with E-state index in [0.717, 1.165) is 63.1 Å². The van der Waals surface area contributed by atoms with Crippen molar-refractivity contribution in [1.82, 2.24) is 19.9 Å². The molecule has 2 aliphatic heterocycles. The molecule has 4 heterocycles. The maximum atomic E-state index is 5.26. The van der Waals surface area contributed by atoms with Gasteiger partial charge in [-0.15, -0.1) is 0 Å². The number of hydrogen-bond donors (Lipinski definition) is 0. The largest absolute Gasteiger partial charge is 0.361 e. The van der Waals surface area contributed by atoms with E-state index >= 15 is 0 Å². The average molecular weight is 327 g/mol. The van der Waals surface area contributed by atoms with Crippen LogP contribution in [0, 0.1) is 13.8 Å². The van der Waals surface area contributed by atoms with Crippen LogP contribution >= 0.6 is 0 Å². The minimum absolute atomic E-state index is 0.691. The summed E-state index contributed by atoms with van der Waals surface area (Å²) in [5, 5.41) is 4.05. The third-order valence-corrected chi connectivity index (χ3v) is 5.30. The third-order valence-electron chi connectivity index (χ3n) is 5.30. The fourth-order valence-corrected chi connectivity index (χ4v) is 3.71. The molecule has 0 aliphatic carbocycles. The summed E-state index contributed by atoms with van der Waals surface area (Å²) in [6, 6.07) is 6.83. The highest BCUT2D eigenvalue weighted by Crippen LogP contribution is 2.23. The van der Waals surface area contributed by atoms with Crippen molar-refractivity contribution < 1.29 is 4.52 Å². The molecule has 2 aromatic heterocycles. The number of piperazine rings is 1. The first-order valence-corrected chi connectivity index (χ1v) is 8.75. The lowest BCUT2D eigenvalue weighted by Crippen LogP contribution is -2.62. The van der Waals surface area contributed by atoms with Gasteiger partial charge in [0.1, 0.15) is 11.6 Å². The molecule has 0 spiro atoms. The lowest BCUT2D eigenvalue weighted by atomic mass is 10.0. The topological polar surface area (TPSA) is 48.6 Å². The molecule has 6 heteroatoms. The molecule has 6 nitrogen and oxygen atoms in total. The van der Waals surface area contributed by atoms with Crippen molar-refractivity contribution in [3.05, 3.63) is 41.4 Å². The average Bonchev–Trinajstić information content (AvgIpc) is 2.90. The minimum Gasteiger partial charge on any atom is -0.361 e. The van der Waals surface area contributed by atoms with Crippen molar-refractivity contribution in [2.24, 2.45) is 0 Å². The molecule has 0 aromatic carbocycles. The second kappa shape index (κ2) is 6.53. The van der Waals surface area contributed by atoms with E-state index in [2.05, 4.69) is 37.0 Å². The highest BCUT2D eigenvalue weighted by atomic mass is 16.5. The monoisotopic (exact) mass is 327 g/mol. The minimum atomic E-state index is 0.691. The fourth-order valence-electron chi connectivity index (χ4n) is 3.71. The van der Waals surface area contributed by atoms with Gasteiger partial charge in [-0.25, -0.2) is 4.98 Å². The Labute approximate surface area is 143 Å². The van der Waals surface area contributed by atoms with E-state index in [1.54, 1.807) is 0 Å². The molecule has 2 aromatic rings. The molecule has 2 aliphatic rings. The number of hydrogen-bond acceptors (Lipinski definition) is 6. The second-order valence-corrected chi connectivity index (χ2v) is 6.86. The molecule has 128 valence electrons. The zero-order valence-electron chi connectivity index (χ0n) is 14.5. The van der Waals surface area contributed by atoms with Gasteiger partial charge in [0, 0.05) is 63.6 Å². The molecule has 0 radical (unpaired) electrons. The number of anilines is 1. The number of likely N-dealkylation sites (tertiary alicyclic amines) is 1. The molecule has 24 heavy (non-hydrogen) atoms. The summed E-state index contributed by atoms with van der Waals surface area (Å²) in [4.78, 5) is 12.0. The number of rotatable bonds is 4. The predicted octanol–water partition coefficient (Wildman–Crippen LogP) is 1.69. The third kappa shape index (κ3) is 3.03. The quantitative estimate of drug-likeness (QED) is 0.852. The Morgan fingerprint density at radius 3 is 2.54 bits per heavy atom. The van der Waals surface area contributed by atoms with Crippen molar-refractivity contribution in [2.45, 2.75) is 26.4 Å². The molecule has 0 bridgehead atoms. The van der Waals surface area contributed by atoms with Crippen LogP contribution < -0.4 is 4.90 Å². The van der Waals surface area contributed by atoms with Gasteiger partial charge in [-0.2, -0.15) is 0 Å². The summed E-state index contributed by atoms with van der Waals surface area (Å²) >= 11 is 0. The zero-order valence-corrected chi connectivity index (χ0v) is 14.5. The number of nitrogens with zero attached hydrogens (tertiary/aromatic N) is 5. The van der Waals surface area contributed by atoms with Gasteiger partial charge in [-0.3, -0.25) is 9.80 Å². The van der Waals surface area contributed by atoms with E-state index < -0.39 is 0 Å².